The largest absolute Gasteiger partial charge is 0.425 e. The Kier molecular flexibility index (Phi) is 7.89. The maximum atomic E-state index is 12.5. The first-order valence-electron chi connectivity index (χ1n) is 8.25. The maximum absolute atomic E-state index is 12.5. The molecule has 5 nitrogen and oxygen atoms in total. The number of benzene rings is 2. The van der Waals surface area contributed by atoms with Crippen LogP contribution in [0.3, 0.4) is 0 Å². The topological polar surface area (TPSA) is 72.5 Å². The van der Waals surface area contributed by atoms with Gasteiger partial charge < -0.3 is 10.1 Å². The van der Waals surface area contributed by atoms with E-state index in [1.54, 1.807) is 24.3 Å². The molecule has 1 N–H and O–H groups in total. The van der Waals surface area contributed by atoms with Crippen LogP contribution in [0.15, 0.2) is 60.7 Å². The molecule has 0 saturated carbocycles. The molecule has 6 heteroatoms. The summed E-state index contributed by atoms with van der Waals surface area (Å²) >= 11 is 1.11. The van der Waals surface area contributed by atoms with Gasteiger partial charge in [-0.2, -0.15) is 0 Å². The highest BCUT2D eigenvalue weighted by molar-refractivity contribution is 8.13. The Morgan fingerprint density at radius 2 is 1.62 bits per heavy atom. The number of amides is 1. The Balaban J connectivity index is 1.90. The van der Waals surface area contributed by atoms with E-state index in [0.717, 1.165) is 17.3 Å². The van der Waals surface area contributed by atoms with Gasteiger partial charge in [0.15, 0.2) is 5.12 Å². The molecule has 0 fully saturated rings. The van der Waals surface area contributed by atoms with Crippen molar-refractivity contribution in [1.29, 1.82) is 0 Å². The molecule has 0 aliphatic rings. The van der Waals surface area contributed by atoms with Crippen molar-refractivity contribution in [3.05, 3.63) is 66.2 Å². The second kappa shape index (κ2) is 10.4. The number of carbonyl (C=O) groups excluding carboxylic acids is 3. The summed E-state index contributed by atoms with van der Waals surface area (Å²) in [7, 11) is 0. The van der Waals surface area contributed by atoms with Crippen LogP contribution in [-0.4, -0.2) is 29.3 Å². The summed E-state index contributed by atoms with van der Waals surface area (Å²) in [6, 6.07) is 18.3. The zero-order valence-corrected chi connectivity index (χ0v) is 15.3. The molecule has 26 heavy (non-hydrogen) atoms. The molecule has 0 bridgehead atoms. The third-order valence-corrected chi connectivity index (χ3v) is 4.54. The third kappa shape index (κ3) is 7.11. The van der Waals surface area contributed by atoms with Crippen LogP contribution in [0.25, 0.3) is 0 Å². The Bertz CT molecular complexity index is 734. The zero-order valence-electron chi connectivity index (χ0n) is 14.5. The Morgan fingerprint density at radius 1 is 1.00 bits per heavy atom. The fourth-order valence-electron chi connectivity index (χ4n) is 2.30. The molecular formula is C20H21NO4S. The van der Waals surface area contributed by atoms with E-state index in [4.69, 9.17) is 4.74 Å². The lowest BCUT2D eigenvalue weighted by atomic mass is 10.0. The molecule has 0 spiro atoms. The SMILES string of the molecule is CC(=O)SC[C@H](Cc1ccccc1)C(=O)NCC(=O)Oc1ccccc1. The number of thioether (sulfide) groups is 1. The van der Waals surface area contributed by atoms with Crippen molar-refractivity contribution in [2.45, 2.75) is 13.3 Å². The van der Waals surface area contributed by atoms with E-state index < -0.39 is 11.9 Å². The van der Waals surface area contributed by atoms with Crippen LogP contribution < -0.4 is 10.1 Å². The van der Waals surface area contributed by atoms with E-state index in [1.165, 1.54) is 6.92 Å². The van der Waals surface area contributed by atoms with Crippen molar-refractivity contribution >= 4 is 28.8 Å². The number of ether oxygens (including phenoxy) is 1. The standard InChI is InChI=1S/C20H21NO4S/c1-15(22)26-14-17(12-16-8-4-2-5-9-16)20(24)21-13-19(23)25-18-10-6-3-7-11-18/h2-11,17H,12-14H2,1H3,(H,21,24)/t17-/m0/s1. The van der Waals surface area contributed by atoms with Gasteiger partial charge in [0, 0.05) is 12.7 Å². The van der Waals surface area contributed by atoms with Crippen LogP contribution in [0.2, 0.25) is 0 Å². The lowest BCUT2D eigenvalue weighted by molar-refractivity contribution is -0.136. The van der Waals surface area contributed by atoms with Crippen LogP contribution in [0.4, 0.5) is 0 Å². The number of hydrogen-bond donors (Lipinski definition) is 1. The average Bonchev–Trinajstić information content (AvgIpc) is 2.64. The predicted molar refractivity (Wildman–Crippen MR) is 102 cm³/mol. The molecule has 2 aromatic carbocycles. The molecule has 0 unspecified atom stereocenters. The Hall–Kier alpha value is -2.60. The molecular weight excluding hydrogens is 350 g/mol. The summed E-state index contributed by atoms with van der Waals surface area (Å²) < 4.78 is 5.15. The quantitative estimate of drug-likeness (QED) is 0.571. The molecule has 0 aliphatic carbocycles. The first kappa shape index (κ1) is 19.7. The zero-order chi connectivity index (χ0) is 18.8. The van der Waals surface area contributed by atoms with Crippen molar-refractivity contribution in [2.24, 2.45) is 5.92 Å². The highest BCUT2D eigenvalue weighted by Gasteiger charge is 2.21. The van der Waals surface area contributed by atoms with Crippen molar-refractivity contribution in [3.63, 3.8) is 0 Å². The summed E-state index contributed by atoms with van der Waals surface area (Å²) in [4.78, 5) is 35.6. The van der Waals surface area contributed by atoms with Crippen LogP contribution in [-0.2, 0) is 20.8 Å². The second-order valence-electron chi connectivity index (χ2n) is 5.69. The van der Waals surface area contributed by atoms with Crippen molar-refractivity contribution in [1.82, 2.24) is 5.32 Å². The third-order valence-electron chi connectivity index (χ3n) is 3.57. The molecule has 0 heterocycles. The van der Waals surface area contributed by atoms with Gasteiger partial charge >= 0.3 is 5.97 Å². The van der Waals surface area contributed by atoms with E-state index >= 15 is 0 Å². The van der Waals surface area contributed by atoms with Gasteiger partial charge in [-0.3, -0.25) is 9.59 Å². The number of nitrogens with one attached hydrogen (secondary N) is 1. The molecule has 0 saturated heterocycles. The van der Waals surface area contributed by atoms with Gasteiger partial charge in [0.25, 0.3) is 0 Å². The number of carbonyl (C=O) groups is 3. The first-order chi connectivity index (χ1) is 12.5. The Morgan fingerprint density at radius 3 is 2.23 bits per heavy atom. The summed E-state index contributed by atoms with van der Waals surface area (Å²) in [6.07, 6.45) is 0.501. The van der Waals surface area contributed by atoms with Crippen LogP contribution >= 0.6 is 11.8 Å². The van der Waals surface area contributed by atoms with Gasteiger partial charge in [0.05, 0.1) is 5.92 Å². The maximum Gasteiger partial charge on any atom is 0.330 e. The average molecular weight is 371 g/mol. The monoisotopic (exact) mass is 371 g/mol. The number of para-hydroxylation sites is 1. The van der Waals surface area contributed by atoms with E-state index in [2.05, 4.69) is 5.32 Å². The minimum Gasteiger partial charge on any atom is -0.425 e. The molecule has 0 aromatic heterocycles. The molecule has 0 radical (unpaired) electrons. The second-order valence-corrected chi connectivity index (χ2v) is 6.89. The summed E-state index contributed by atoms with van der Waals surface area (Å²) in [6.45, 7) is 1.25. The fourth-order valence-corrected chi connectivity index (χ4v) is 3.01. The molecule has 136 valence electrons. The van der Waals surface area contributed by atoms with Crippen LogP contribution in [0.1, 0.15) is 12.5 Å². The van der Waals surface area contributed by atoms with E-state index in [9.17, 15) is 14.4 Å². The summed E-state index contributed by atoms with van der Waals surface area (Å²) in [5.41, 5.74) is 1.00. The highest BCUT2D eigenvalue weighted by Crippen LogP contribution is 2.16. The van der Waals surface area contributed by atoms with E-state index in [1.807, 2.05) is 36.4 Å². The number of hydrogen-bond acceptors (Lipinski definition) is 5. The van der Waals surface area contributed by atoms with Gasteiger partial charge in [-0.25, -0.2) is 4.79 Å². The fraction of sp³-hybridized carbons (Fsp3) is 0.250. The minimum atomic E-state index is -0.540. The van der Waals surface area contributed by atoms with Crippen molar-refractivity contribution < 1.29 is 19.1 Å². The van der Waals surface area contributed by atoms with Crippen LogP contribution in [0.5, 0.6) is 5.75 Å². The minimum absolute atomic E-state index is 0.0423. The summed E-state index contributed by atoms with van der Waals surface area (Å²) in [5.74, 6) is -0.422. The molecule has 2 aromatic rings. The van der Waals surface area contributed by atoms with Crippen LogP contribution in [0, 0.1) is 5.92 Å². The van der Waals surface area contributed by atoms with Gasteiger partial charge in [-0.1, -0.05) is 60.3 Å². The van der Waals surface area contributed by atoms with Gasteiger partial charge in [0.1, 0.15) is 12.3 Å². The predicted octanol–water partition coefficient (Wildman–Crippen LogP) is 2.85. The van der Waals surface area contributed by atoms with Crippen molar-refractivity contribution in [2.75, 3.05) is 12.3 Å². The van der Waals surface area contributed by atoms with E-state index in [-0.39, 0.29) is 17.6 Å². The van der Waals surface area contributed by atoms with E-state index in [0.29, 0.717) is 17.9 Å². The van der Waals surface area contributed by atoms with Gasteiger partial charge in [-0.05, 0) is 24.1 Å². The summed E-state index contributed by atoms with van der Waals surface area (Å²) in [5, 5.41) is 2.57. The number of rotatable bonds is 8. The molecule has 1 amide bonds. The normalized spacial score (nSPS) is 11.4. The lowest BCUT2D eigenvalue weighted by Gasteiger charge is -2.16. The molecule has 2 rings (SSSR count). The molecule has 0 aliphatic heterocycles. The van der Waals surface area contributed by atoms with Crippen molar-refractivity contribution in [3.8, 4) is 5.75 Å². The smallest absolute Gasteiger partial charge is 0.330 e. The number of esters is 1. The highest BCUT2D eigenvalue weighted by atomic mass is 32.2. The first-order valence-corrected chi connectivity index (χ1v) is 9.24. The van der Waals surface area contributed by atoms with Gasteiger partial charge in [-0.15, -0.1) is 0 Å². The molecule has 1 atom stereocenters. The lowest BCUT2D eigenvalue weighted by Crippen LogP contribution is -2.38. The Labute approximate surface area is 157 Å². The van der Waals surface area contributed by atoms with Gasteiger partial charge in [0.2, 0.25) is 5.91 Å².